The molecular weight excluding hydrogens is 394 g/mol. The van der Waals surface area contributed by atoms with Crippen molar-refractivity contribution in [2.24, 2.45) is 0 Å². The third-order valence-corrected chi connectivity index (χ3v) is 3.96. The SMILES string of the molecule is CC(C)NC(=O)CN(C)CC(=O)Oc1ccc(NC(=O)c2ccc(Cl)cc2)cc1. The third-order valence-electron chi connectivity index (χ3n) is 3.71. The van der Waals surface area contributed by atoms with Gasteiger partial charge in [-0.05, 0) is 69.4 Å². The van der Waals surface area contributed by atoms with Crippen molar-refractivity contribution in [3.63, 3.8) is 0 Å². The van der Waals surface area contributed by atoms with Crippen molar-refractivity contribution in [1.82, 2.24) is 10.2 Å². The zero-order valence-corrected chi connectivity index (χ0v) is 17.3. The second-order valence-electron chi connectivity index (χ2n) is 6.85. The standard InChI is InChI=1S/C21H24ClN3O4/c1-14(2)23-19(26)12-25(3)13-20(27)29-18-10-8-17(9-11-18)24-21(28)15-4-6-16(22)7-5-15/h4-11,14H,12-13H2,1-3H3,(H,23,26)(H,24,28). The normalized spacial score (nSPS) is 10.7. The lowest BCUT2D eigenvalue weighted by Gasteiger charge is -2.16. The van der Waals surface area contributed by atoms with E-state index in [1.807, 2.05) is 13.8 Å². The van der Waals surface area contributed by atoms with Crippen molar-refractivity contribution in [2.75, 3.05) is 25.5 Å². The number of benzene rings is 2. The number of carbonyl (C=O) groups excluding carboxylic acids is 3. The van der Waals surface area contributed by atoms with Gasteiger partial charge in [0.05, 0.1) is 13.1 Å². The molecule has 0 spiro atoms. The zero-order valence-electron chi connectivity index (χ0n) is 16.6. The highest BCUT2D eigenvalue weighted by molar-refractivity contribution is 6.30. The Morgan fingerprint density at radius 3 is 2.21 bits per heavy atom. The molecule has 2 amide bonds. The number of anilines is 1. The van der Waals surface area contributed by atoms with Gasteiger partial charge in [-0.25, -0.2) is 0 Å². The van der Waals surface area contributed by atoms with E-state index in [-0.39, 0.29) is 30.9 Å². The first-order chi connectivity index (χ1) is 13.7. The minimum atomic E-state index is -0.484. The predicted molar refractivity (Wildman–Crippen MR) is 112 cm³/mol. The van der Waals surface area contributed by atoms with Crippen LogP contribution in [-0.4, -0.2) is 48.9 Å². The van der Waals surface area contributed by atoms with Crippen LogP contribution in [0.25, 0.3) is 0 Å². The lowest BCUT2D eigenvalue weighted by Crippen LogP contribution is -2.40. The van der Waals surface area contributed by atoms with Crippen molar-refractivity contribution in [2.45, 2.75) is 19.9 Å². The summed E-state index contributed by atoms with van der Waals surface area (Å²) < 4.78 is 5.27. The van der Waals surface area contributed by atoms with E-state index in [0.29, 0.717) is 22.0 Å². The maximum atomic E-state index is 12.2. The van der Waals surface area contributed by atoms with E-state index in [1.165, 1.54) is 0 Å². The van der Waals surface area contributed by atoms with Crippen LogP contribution in [0, 0.1) is 0 Å². The Morgan fingerprint density at radius 1 is 1.00 bits per heavy atom. The molecule has 29 heavy (non-hydrogen) atoms. The van der Waals surface area contributed by atoms with Crippen molar-refractivity contribution in [3.05, 3.63) is 59.1 Å². The molecule has 0 heterocycles. The Morgan fingerprint density at radius 2 is 1.62 bits per heavy atom. The molecule has 154 valence electrons. The molecule has 2 rings (SSSR count). The van der Waals surface area contributed by atoms with E-state index in [4.69, 9.17) is 16.3 Å². The second-order valence-corrected chi connectivity index (χ2v) is 7.29. The van der Waals surface area contributed by atoms with Crippen LogP contribution in [0.3, 0.4) is 0 Å². The number of hydrogen-bond donors (Lipinski definition) is 2. The first kappa shape index (κ1) is 22.4. The fraction of sp³-hybridized carbons (Fsp3) is 0.286. The predicted octanol–water partition coefficient (Wildman–Crippen LogP) is 2.95. The molecule has 2 aromatic carbocycles. The summed E-state index contributed by atoms with van der Waals surface area (Å²) in [5, 5.41) is 6.07. The number of likely N-dealkylation sites (N-methyl/N-ethyl adjacent to an activating group) is 1. The Labute approximate surface area is 175 Å². The van der Waals surface area contributed by atoms with Gasteiger partial charge in [0, 0.05) is 22.3 Å². The van der Waals surface area contributed by atoms with E-state index in [2.05, 4.69) is 10.6 Å². The van der Waals surface area contributed by atoms with E-state index < -0.39 is 5.97 Å². The van der Waals surface area contributed by atoms with Gasteiger partial charge in [-0.15, -0.1) is 0 Å². The fourth-order valence-corrected chi connectivity index (χ4v) is 2.59. The molecule has 7 nitrogen and oxygen atoms in total. The molecule has 0 atom stereocenters. The topological polar surface area (TPSA) is 87.7 Å². The van der Waals surface area contributed by atoms with Crippen LogP contribution in [0.2, 0.25) is 5.02 Å². The quantitative estimate of drug-likeness (QED) is 0.509. The number of amides is 2. The number of carbonyl (C=O) groups is 3. The van der Waals surface area contributed by atoms with Crippen LogP contribution in [0.1, 0.15) is 24.2 Å². The number of halogens is 1. The van der Waals surface area contributed by atoms with Crippen LogP contribution in [-0.2, 0) is 9.59 Å². The number of hydrogen-bond acceptors (Lipinski definition) is 5. The van der Waals surface area contributed by atoms with Crippen LogP contribution in [0.5, 0.6) is 5.75 Å². The molecule has 0 aliphatic carbocycles. The number of nitrogens with zero attached hydrogens (tertiary/aromatic N) is 1. The van der Waals surface area contributed by atoms with Gasteiger partial charge >= 0.3 is 5.97 Å². The maximum Gasteiger partial charge on any atom is 0.325 e. The molecule has 0 fully saturated rings. The molecule has 8 heteroatoms. The van der Waals surface area contributed by atoms with Crippen LogP contribution >= 0.6 is 11.6 Å². The first-order valence-electron chi connectivity index (χ1n) is 9.08. The number of nitrogens with one attached hydrogen (secondary N) is 2. The smallest absolute Gasteiger partial charge is 0.325 e. The molecule has 2 N–H and O–H groups in total. The minimum Gasteiger partial charge on any atom is -0.426 e. The van der Waals surface area contributed by atoms with Crippen LogP contribution in [0.15, 0.2) is 48.5 Å². The summed E-state index contributed by atoms with van der Waals surface area (Å²) in [4.78, 5) is 37.5. The van der Waals surface area contributed by atoms with Crippen molar-refractivity contribution in [1.29, 1.82) is 0 Å². The number of esters is 1. The van der Waals surface area contributed by atoms with Gasteiger partial charge in [0.2, 0.25) is 5.91 Å². The summed E-state index contributed by atoms with van der Waals surface area (Å²) in [6, 6.07) is 13.0. The highest BCUT2D eigenvalue weighted by Gasteiger charge is 2.13. The van der Waals surface area contributed by atoms with Gasteiger partial charge in [0.15, 0.2) is 0 Å². The zero-order chi connectivity index (χ0) is 21.4. The molecule has 2 aromatic rings. The Bertz CT molecular complexity index is 851. The van der Waals surface area contributed by atoms with E-state index >= 15 is 0 Å². The Hall–Kier alpha value is -2.90. The lowest BCUT2D eigenvalue weighted by molar-refractivity contribution is -0.135. The van der Waals surface area contributed by atoms with E-state index in [9.17, 15) is 14.4 Å². The van der Waals surface area contributed by atoms with Gasteiger partial charge in [0.25, 0.3) is 5.91 Å². The monoisotopic (exact) mass is 417 g/mol. The molecule has 0 aliphatic heterocycles. The first-order valence-corrected chi connectivity index (χ1v) is 9.46. The summed E-state index contributed by atoms with van der Waals surface area (Å²) in [6.07, 6.45) is 0. The number of rotatable bonds is 8. The minimum absolute atomic E-state index is 0.0272. The number of ether oxygens (including phenoxy) is 1. The van der Waals surface area contributed by atoms with Crippen LogP contribution in [0.4, 0.5) is 5.69 Å². The van der Waals surface area contributed by atoms with Crippen LogP contribution < -0.4 is 15.4 Å². The molecule has 0 saturated heterocycles. The van der Waals surface area contributed by atoms with Gasteiger partial charge in [-0.2, -0.15) is 0 Å². The summed E-state index contributed by atoms with van der Waals surface area (Å²) in [5.41, 5.74) is 1.04. The van der Waals surface area contributed by atoms with Crippen molar-refractivity contribution < 1.29 is 19.1 Å². The Balaban J connectivity index is 1.83. The Kier molecular flexibility index (Phi) is 8.18. The largest absolute Gasteiger partial charge is 0.426 e. The highest BCUT2D eigenvalue weighted by Crippen LogP contribution is 2.17. The summed E-state index contributed by atoms with van der Waals surface area (Å²) in [6.45, 7) is 3.81. The maximum absolute atomic E-state index is 12.2. The average molecular weight is 418 g/mol. The summed E-state index contributed by atoms with van der Waals surface area (Å²) in [5.74, 6) is -0.564. The lowest BCUT2D eigenvalue weighted by atomic mass is 10.2. The van der Waals surface area contributed by atoms with Gasteiger partial charge in [0.1, 0.15) is 5.75 Å². The molecule has 0 aliphatic rings. The summed E-state index contributed by atoms with van der Waals surface area (Å²) >= 11 is 5.82. The van der Waals surface area contributed by atoms with Gasteiger partial charge < -0.3 is 15.4 Å². The fourth-order valence-electron chi connectivity index (χ4n) is 2.46. The second kappa shape index (κ2) is 10.6. The molecule has 0 radical (unpaired) electrons. The van der Waals surface area contributed by atoms with E-state index in [1.54, 1.807) is 60.5 Å². The van der Waals surface area contributed by atoms with Crippen molar-refractivity contribution >= 4 is 35.1 Å². The average Bonchev–Trinajstić information content (AvgIpc) is 2.62. The molecule has 0 aromatic heterocycles. The molecule has 0 saturated carbocycles. The van der Waals surface area contributed by atoms with Gasteiger partial charge in [-0.3, -0.25) is 19.3 Å². The third kappa shape index (κ3) is 7.93. The van der Waals surface area contributed by atoms with E-state index in [0.717, 1.165) is 0 Å². The molecule has 0 bridgehead atoms. The van der Waals surface area contributed by atoms with Crippen molar-refractivity contribution in [3.8, 4) is 5.75 Å². The highest BCUT2D eigenvalue weighted by atomic mass is 35.5. The molecule has 0 unspecified atom stereocenters. The van der Waals surface area contributed by atoms with Gasteiger partial charge in [-0.1, -0.05) is 11.6 Å². The molecular formula is C21H24ClN3O4. The summed E-state index contributed by atoms with van der Waals surface area (Å²) in [7, 11) is 1.66.